The van der Waals surface area contributed by atoms with Crippen LogP contribution >= 0.6 is 0 Å². The van der Waals surface area contributed by atoms with Crippen molar-refractivity contribution >= 4 is 17.5 Å². The number of nitrogens with one attached hydrogen (secondary N) is 2. The molecule has 2 N–H and O–H groups in total. The molecule has 1 aromatic heterocycles. The number of hydrogen-bond acceptors (Lipinski definition) is 6. The average molecular weight is 463 g/mol. The molecule has 0 spiro atoms. The first-order chi connectivity index (χ1) is 15.6. The number of rotatable bonds is 6. The van der Waals surface area contributed by atoms with Crippen molar-refractivity contribution in [2.45, 2.75) is 12.6 Å². The summed E-state index contributed by atoms with van der Waals surface area (Å²) in [4.78, 5) is 34.5. The first kappa shape index (κ1) is 23.2. The largest absolute Gasteiger partial charge is 0.497 e. The Hall–Kier alpha value is -4.42. The van der Waals surface area contributed by atoms with E-state index in [-0.39, 0.29) is 17.8 Å². The van der Waals surface area contributed by atoms with Crippen LogP contribution in [0.25, 0.3) is 5.69 Å². The number of methoxy groups -OCH3 is 1. The number of ether oxygens (including phenoxy) is 1. The number of alkyl halides is 3. The smallest absolute Gasteiger partial charge is 0.434 e. The van der Waals surface area contributed by atoms with Crippen LogP contribution in [0.4, 0.5) is 18.9 Å². The lowest BCUT2D eigenvalue weighted by Gasteiger charge is -2.13. The molecule has 0 radical (unpaired) electrons. The zero-order chi connectivity index (χ0) is 24.2. The fourth-order valence-electron chi connectivity index (χ4n) is 2.90. The van der Waals surface area contributed by atoms with Gasteiger partial charge < -0.3 is 4.74 Å². The summed E-state index contributed by atoms with van der Waals surface area (Å²) < 4.78 is 46.6. The second-order valence-corrected chi connectivity index (χ2v) is 6.62. The van der Waals surface area contributed by atoms with Gasteiger partial charge in [-0.25, -0.2) is 4.68 Å². The molecule has 13 heteroatoms. The molecule has 0 saturated carbocycles. The van der Waals surface area contributed by atoms with E-state index in [1.54, 1.807) is 24.3 Å². The van der Waals surface area contributed by atoms with E-state index in [4.69, 9.17) is 4.74 Å². The number of carbonyl (C=O) groups is 2. The van der Waals surface area contributed by atoms with Gasteiger partial charge in [-0.2, -0.15) is 18.3 Å². The highest BCUT2D eigenvalue weighted by Crippen LogP contribution is 2.33. The number of aromatic nitrogens is 2. The zero-order valence-corrected chi connectivity index (χ0v) is 16.9. The Labute approximate surface area is 184 Å². The van der Waals surface area contributed by atoms with Gasteiger partial charge in [-0.1, -0.05) is 12.1 Å². The van der Waals surface area contributed by atoms with Crippen molar-refractivity contribution in [1.82, 2.24) is 20.6 Å². The first-order valence-corrected chi connectivity index (χ1v) is 9.22. The molecule has 0 aliphatic rings. The Kier molecular flexibility index (Phi) is 6.61. The summed E-state index contributed by atoms with van der Waals surface area (Å²) in [5.74, 6) is -1.40. The van der Waals surface area contributed by atoms with Crippen LogP contribution in [-0.2, 0) is 17.4 Å². The Morgan fingerprint density at radius 3 is 2.45 bits per heavy atom. The summed E-state index contributed by atoms with van der Waals surface area (Å²) >= 11 is 0. The first-order valence-electron chi connectivity index (χ1n) is 9.22. The molecule has 3 aromatic rings. The number of hydrazine groups is 1. The fourth-order valence-corrected chi connectivity index (χ4v) is 2.90. The van der Waals surface area contributed by atoms with E-state index < -0.39 is 34.2 Å². The van der Waals surface area contributed by atoms with E-state index in [1.165, 1.54) is 7.11 Å². The maximum Gasteiger partial charge on any atom is 0.434 e. The minimum absolute atomic E-state index is 0.144. The second-order valence-electron chi connectivity index (χ2n) is 6.62. The van der Waals surface area contributed by atoms with Crippen LogP contribution in [0.15, 0.2) is 54.7 Å². The lowest BCUT2D eigenvalue weighted by molar-refractivity contribution is -0.384. The van der Waals surface area contributed by atoms with Crippen molar-refractivity contribution in [3.8, 4) is 11.4 Å². The molecule has 1 heterocycles. The summed E-state index contributed by atoms with van der Waals surface area (Å²) in [6, 6.07) is 10.7. The third kappa shape index (κ3) is 5.44. The highest BCUT2D eigenvalue weighted by atomic mass is 19.4. The molecular weight excluding hydrogens is 447 g/mol. The molecule has 2 amide bonds. The molecule has 0 unspecified atom stereocenters. The maximum atomic E-state index is 13.7. The molecule has 0 aliphatic carbocycles. The number of hydrogen-bond donors (Lipinski definition) is 2. The van der Waals surface area contributed by atoms with Crippen molar-refractivity contribution in [2.24, 2.45) is 0 Å². The minimum Gasteiger partial charge on any atom is -0.497 e. The normalized spacial score (nSPS) is 11.0. The Morgan fingerprint density at radius 1 is 1.15 bits per heavy atom. The standard InChI is InChI=1S/C20H16F3N5O5/c1-33-15-4-2-3-12(9-15)10-17(29)25-26-19(30)16-11-24-27(18(16)20(21,22)23)13-5-7-14(8-6-13)28(31)32/h2-9,11H,10H2,1H3,(H,25,29)(H,26,30). The summed E-state index contributed by atoms with van der Waals surface area (Å²) in [5, 5.41) is 14.4. The van der Waals surface area contributed by atoms with Crippen LogP contribution in [0.2, 0.25) is 0 Å². The second kappa shape index (κ2) is 9.38. The number of carbonyl (C=O) groups excluding carboxylic acids is 2. The molecule has 0 fully saturated rings. The predicted molar refractivity (Wildman–Crippen MR) is 108 cm³/mol. The highest BCUT2D eigenvalue weighted by molar-refractivity contribution is 5.96. The van der Waals surface area contributed by atoms with Crippen LogP contribution in [-0.4, -0.2) is 33.6 Å². The number of nitro groups is 1. The highest BCUT2D eigenvalue weighted by Gasteiger charge is 2.40. The average Bonchev–Trinajstić information content (AvgIpc) is 3.23. The number of non-ortho nitro benzene ring substituents is 1. The zero-order valence-electron chi connectivity index (χ0n) is 16.9. The van der Waals surface area contributed by atoms with E-state index in [0.717, 1.165) is 24.3 Å². The van der Waals surface area contributed by atoms with Crippen molar-refractivity contribution < 1.29 is 32.4 Å². The van der Waals surface area contributed by atoms with Crippen molar-refractivity contribution in [1.29, 1.82) is 0 Å². The van der Waals surface area contributed by atoms with Crippen molar-refractivity contribution in [2.75, 3.05) is 7.11 Å². The molecule has 0 saturated heterocycles. The Bertz CT molecular complexity index is 1190. The molecule has 0 aliphatic heterocycles. The molecule has 0 bridgehead atoms. The van der Waals surface area contributed by atoms with Crippen LogP contribution < -0.4 is 15.6 Å². The lowest BCUT2D eigenvalue weighted by atomic mass is 10.1. The van der Waals surface area contributed by atoms with Gasteiger partial charge >= 0.3 is 6.18 Å². The van der Waals surface area contributed by atoms with Gasteiger partial charge in [-0.05, 0) is 29.8 Å². The Morgan fingerprint density at radius 2 is 1.85 bits per heavy atom. The number of nitrogens with zero attached hydrogens (tertiary/aromatic N) is 3. The van der Waals surface area contributed by atoms with Gasteiger partial charge in [-0.15, -0.1) is 0 Å². The van der Waals surface area contributed by atoms with Crippen LogP contribution in [0.1, 0.15) is 21.6 Å². The van der Waals surface area contributed by atoms with E-state index in [0.29, 0.717) is 22.2 Å². The van der Waals surface area contributed by atoms with Gasteiger partial charge in [0.25, 0.3) is 11.6 Å². The quantitative estimate of drug-likeness (QED) is 0.427. The molecule has 10 nitrogen and oxygen atoms in total. The summed E-state index contributed by atoms with van der Waals surface area (Å²) in [7, 11) is 1.45. The third-order valence-electron chi connectivity index (χ3n) is 4.40. The maximum absolute atomic E-state index is 13.7. The summed E-state index contributed by atoms with van der Waals surface area (Å²) in [6.45, 7) is 0. The van der Waals surface area contributed by atoms with E-state index >= 15 is 0 Å². The molecule has 172 valence electrons. The van der Waals surface area contributed by atoms with Crippen molar-refractivity contribution in [3.63, 3.8) is 0 Å². The topological polar surface area (TPSA) is 128 Å². The SMILES string of the molecule is COc1cccc(CC(=O)NNC(=O)c2cnn(-c3ccc([N+](=O)[O-])cc3)c2C(F)(F)F)c1. The predicted octanol–water partition coefficient (Wildman–Crippen LogP) is 2.81. The third-order valence-corrected chi connectivity index (χ3v) is 4.40. The number of benzene rings is 2. The number of halogens is 3. The molecular formula is C20H16F3N5O5. The molecule has 2 aromatic carbocycles. The summed E-state index contributed by atoms with van der Waals surface area (Å²) in [5.41, 5.74) is 1.83. The van der Waals surface area contributed by atoms with E-state index in [9.17, 15) is 32.9 Å². The van der Waals surface area contributed by atoms with Crippen molar-refractivity contribution in [3.05, 3.63) is 81.7 Å². The lowest BCUT2D eigenvalue weighted by Crippen LogP contribution is -2.42. The van der Waals surface area contributed by atoms with Gasteiger partial charge in [0, 0.05) is 12.1 Å². The van der Waals surface area contributed by atoms with Gasteiger partial charge in [0.05, 0.1) is 35.9 Å². The monoisotopic (exact) mass is 463 g/mol. The molecule has 0 atom stereocenters. The number of nitro benzene ring substituents is 1. The van der Waals surface area contributed by atoms with Gasteiger partial charge in [0.15, 0.2) is 5.69 Å². The Balaban J connectivity index is 1.77. The summed E-state index contributed by atoms with van der Waals surface area (Å²) in [6.07, 6.45) is -4.46. The van der Waals surface area contributed by atoms with Crippen LogP contribution in [0, 0.1) is 10.1 Å². The molecule has 3 rings (SSSR count). The number of amides is 2. The molecule has 33 heavy (non-hydrogen) atoms. The van der Waals surface area contributed by atoms with Gasteiger partial charge in [0.1, 0.15) is 5.75 Å². The van der Waals surface area contributed by atoms with Gasteiger partial charge in [-0.3, -0.25) is 30.6 Å². The van der Waals surface area contributed by atoms with E-state index in [1.807, 2.05) is 5.43 Å². The minimum atomic E-state index is -4.99. The fraction of sp³-hybridized carbons (Fsp3) is 0.150. The van der Waals surface area contributed by atoms with Gasteiger partial charge in [0.2, 0.25) is 5.91 Å². The van der Waals surface area contributed by atoms with Crippen LogP contribution in [0.5, 0.6) is 5.75 Å². The van der Waals surface area contributed by atoms with Crippen LogP contribution in [0.3, 0.4) is 0 Å². The van der Waals surface area contributed by atoms with E-state index in [2.05, 4.69) is 10.5 Å².